The Bertz CT molecular complexity index is 690. The number of nitrogen functional groups attached to an aromatic ring is 1. The summed E-state index contributed by atoms with van der Waals surface area (Å²) in [6.45, 7) is 1.69. The third-order valence-electron chi connectivity index (χ3n) is 2.65. The Morgan fingerprint density at radius 1 is 1.29 bits per heavy atom. The molecule has 0 saturated carbocycles. The number of nitrogens with zero attached hydrogens (tertiary/aromatic N) is 1. The van der Waals surface area contributed by atoms with Gasteiger partial charge in [-0.3, -0.25) is 0 Å². The van der Waals surface area contributed by atoms with Gasteiger partial charge in [0.05, 0.1) is 11.4 Å². The first-order valence-corrected chi connectivity index (χ1v) is 6.07. The molecule has 0 unspecified atom stereocenters. The number of hydrogen-bond acceptors (Lipinski definition) is 4. The van der Waals surface area contributed by atoms with E-state index in [1.807, 2.05) is 0 Å². The number of hydrogen-bond donors (Lipinski definition) is 2. The number of alkyl halides is 3. The predicted molar refractivity (Wildman–Crippen MR) is 72.2 cm³/mol. The van der Waals surface area contributed by atoms with E-state index in [4.69, 9.17) is 17.3 Å². The van der Waals surface area contributed by atoms with Gasteiger partial charge in [-0.05, 0) is 30.7 Å². The zero-order chi connectivity index (χ0) is 15.8. The molecule has 0 amide bonds. The lowest BCUT2D eigenvalue weighted by Gasteiger charge is -2.12. The normalized spacial score (nSPS) is 11.5. The molecular formula is C13H10ClF3N2O2. The quantitative estimate of drug-likeness (QED) is 0.824. The second-order valence-electron chi connectivity index (χ2n) is 4.26. The standard InChI is InChI=1S/C13H10ClF3N2O2/c1-6-4-9(18)12(14)19-11(6)8-3-2-7(5-10(8)20)21-13(15,16)17/h2-5,20H,18H2,1H3. The van der Waals surface area contributed by atoms with Crippen LogP contribution in [0.15, 0.2) is 24.3 Å². The van der Waals surface area contributed by atoms with E-state index in [9.17, 15) is 18.3 Å². The molecule has 0 spiro atoms. The van der Waals surface area contributed by atoms with Crippen LogP contribution in [-0.2, 0) is 0 Å². The minimum Gasteiger partial charge on any atom is -0.507 e. The molecule has 2 rings (SSSR count). The van der Waals surface area contributed by atoms with Crippen molar-refractivity contribution in [1.82, 2.24) is 4.98 Å². The summed E-state index contributed by atoms with van der Waals surface area (Å²) >= 11 is 5.82. The maximum Gasteiger partial charge on any atom is 0.573 e. The van der Waals surface area contributed by atoms with Crippen LogP contribution in [0.4, 0.5) is 18.9 Å². The Kier molecular flexibility index (Phi) is 3.87. The Morgan fingerprint density at radius 2 is 1.95 bits per heavy atom. The van der Waals surface area contributed by atoms with Gasteiger partial charge in [-0.2, -0.15) is 0 Å². The first-order chi connectivity index (χ1) is 9.67. The summed E-state index contributed by atoms with van der Waals surface area (Å²) in [5, 5.41) is 9.91. The SMILES string of the molecule is Cc1cc(N)c(Cl)nc1-c1ccc(OC(F)(F)F)cc1O. The fourth-order valence-corrected chi connectivity index (χ4v) is 1.93. The lowest BCUT2D eigenvalue weighted by Crippen LogP contribution is -2.17. The number of halogens is 4. The van der Waals surface area contributed by atoms with Crippen molar-refractivity contribution in [3.8, 4) is 22.8 Å². The van der Waals surface area contributed by atoms with Crippen molar-refractivity contribution in [2.75, 3.05) is 5.73 Å². The van der Waals surface area contributed by atoms with E-state index in [2.05, 4.69) is 9.72 Å². The van der Waals surface area contributed by atoms with Crippen molar-refractivity contribution in [1.29, 1.82) is 0 Å². The van der Waals surface area contributed by atoms with Crippen LogP contribution in [0.25, 0.3) is 11.3 Å². The maximum absolute atomic E-state index is 12.1. The molecule has 0 saturated heterocycles. The number of phenols is 1. The van der Waals surface area contributed by atoms with Crippen molar-refractivity contribution in [2.45, 2.75) is 13.3 Å². The van der Waals surface area contributed by atoms with E-state index in [0.717, 1.165) is 12.1 Å². The minimum absolute atomic E-state index is 0.0469. The van der Waals surface area contributed by atoms with Crippen LogP contribution >= 0.6 is 11.6 Å². The number of benzene rings is 1. The monoisotopic (exact) mass is 318 g/mol. The highest BCUT2D eigenvalue weighted by Gasteiger charge is 2.31. The Labute approximate surface area is 122 Å². The van der Waals surface area contributed by atoms with Gasteiger partial charge in [0.1, 0.15) is 11.5 Å². The summed E-state index contributed by atoms with van der Waals surface area (Å²) in [5.41, 5.74) is 7.04. The number of nitrogens with two attached hydrogens (primary N) is 1. The molecule has 0 aliphatic heterocycles. The molecule has 0 aliphatic carbocycles. The Morgan fingerprint density at radius 3 is 2.52 bits per heavy atom. The molecule has 1 aromatic heterocycles. The molecule has 3 N–H and O–H groups in total. The molecule has 8 heteroatoms. The summed E-state index contributed by atoms with van der Waals surface area (Å²) in [6, 6.07) is 4.75. The lowest BCUT2D eigenvalue weighted by atomic mass is 10.1. The van der Waals surface area contributed by atoms with E-state index >= 15 is 0 Å². The molecule has 0 radical (unpaired) electrons. The van der Waals surface area contributed by atoms with Crippen LogP contribution < -0.4 is 10.5 Å². The first kappa shape index (κ1) is 15.2. The van der Waals surface area contributed by atoms with Gasteiger partial charge in [0.25, 0.3) is 0 Å². The number of pyridine rings is 1. The van der Waals surface area contributed by atoms with Gasteiger partial charge in [0.15, 0.2) is 5.15 Å². The van der Waals surface area contributed by atoms with Gasteiger partial charge in [-0.1, -0.05) is 11.6 Å². The second kappa shape index (κ2) is 5.33. The molecule has 0 atom stereocenters. The molecule has 1 heterocycles. The average Bonchev–Trinajstić information content (AvgIpc) is 2.32. The van der Waals surface area contributed by atoms with E-state index < -0.39 is 17.9 Å². The van der Waals surface area contributed by atoms with Gasteiger partial charge in [0.2, 0.25) is 0 Å². The molecule has 0 bridgehead atoms. The van der Waals surface area contributed by atoms with Crippen LogP contribution in [-0.4, -0.2) is 16.5 Å². The number of rotatable bonds is 2. The lowest BCUT2D eigenvalue weighted by molar-refractivity contribution is -0.274. The van der Waals surface area contributed by atoms with Gasteiger partial charge in [-0.25, -0.2) is 4.98 Å². The van der Waals surface area contributed by atoms with Crippen LogP contribution in [0.2, 0.25) is 5.15 Å². The summed E-state index contributed by atoms with van der Waals surface area (Å²) in [6.07, 6.45) is -4.83. The number of anilines is 1. The van der Waals surface area contributed by atoms with Gasteiger partial charge < -0.3 is 15.6 Å². The van der Waals surface area contributed by atoms with Crippen molar-refractivity contribution in [3.05, 3.63) is 35.0 Å². The maximum atomic E-state index is 12.1. The molecule has 1 aromatic carbocycles. The van der Waals surface area contributed by atoms with Gasteiger partial charge in [-0.15, -0.1) is 13.2 Å². The summed E-state index contributed by atoms with van der Waals surface area (Å²) in [4.78, 5) is 4.02. The van der Waals surface area contributed by atoms with E-state index in [1.54, 1.807) is 13.0 Å². The Hall–Kier alpha value is -2.15. The number of aromatic nitrogens is 1. The van der Waals surface area contributed by atoms with Crippen molar-refractivity contribution in [3.63, 3.8) is 0 Å². The predicted octanol–water partition coefficient (Wildman–Crippen LogP) is 3.90. The largest absolute Gasteiger partial charge is 0.573 e. The topological polar surface area (TPSA) is 68.4 Å². The number of aromatic hydroxyl groups is 1. The third-order valence-corrected chi connectivity index (χ3v) is 2.95. The molecule has 112 valence electrons. The highest BCUT2D eigenvalue weighted by atomic mass is 35.5. The third kappa shape index (κ3) is 3.49. The molecule has 0 fully saturated rings. The number of ether oxygens (including phenoxy) is 1. The molecule has 21 heavy (non-hydrogen) atoms. The first-order valence-electron chi connectivity index (χ1n) is 5.69. The molecular weight excluding hydrogens is 309 g/mol. The van der Waals surface area contributed by atoms with Crippen molar-refractivity contribution >= 4 is 17.3 Å². The smallest absolute Gasteiger partial charge is 0.507 e. The fourth-order valence-electron chi connectivity index (χ4n) is 1.79. The second-order valence-corrected chi connectivity index (χ2v) is 4.62. The molecule has 0 aliphatic rings. The van der Waals surface area contributed by atoms with E-state index in [-0.39, 0.29) is 16.4 Å². The van der Waals surface area contributed by atoms with Gasteiger partial charge >= 0.3 is 6.36 Å². The molecule has 2 aromatic rings. The van der Waals surface area contributed by atoms with Crippen LogP contribution in [0.5, 0.6) is 11.5 Å². The van der Waals surface area contributed by atoms with Crippen LogP contribution in [0.3, 0.4) is 0 Å². The fraction of sp³-hybridized carbons (Fsp3) is 0.154. The van der Waals surface area contributed by atoms with Gasteiger partial charge in [0, 0.05) is 11.6 Å². The van der Waals surface area contributed by atoms with Crippen molar-refractivity contribution in [2.24, 2.45) is 0 Å². The zero-order valence-electron chi connectivity index (χ0n) is 10.7. The van der Waals surface area contributed by atoms with Crippen LogP contribution in [0, 0.1) is 6.92 Å². The average molecular weight is 319 g/mol. The summed E-state index contributed by atoms with van der Waals surface area (Å²) in [5.74, 6) is -0.934. The number of phenolic OH excluding ortho intramolecular Hbond substituents is 1. The minimum atomic E-state index is -4.83. The van der Waals surface area contributed by atoms with Crippen LogP contribution in [0.1, 0.15) is 5.56 Å². The highest BCUT2D eigenvalue weighted by molar-refractivity contribution is 6.32. The highest BCUT2D eigenvalue weighted by Crippen LogP contribution is 2.36. The zero-order valence-corrected chi connectivity index (χ0v) is 11.5. The summed E-state index contributed by atoms with van der Waals surface area (Å²) in [7, 11) is 0. The Balaban J connectivity index is 2.44. The number of aryl methyl sites for hydroxylation is 1. The molecule has 4 nitrogen and oxygen atoms in total. The van der Waals surface area contributed by atoms with Crippen molar-refractivity contribution < 1.29 is 23.0 Å². The van der Waals surface area contributed by atoms with E-state index in [0.29, 0.717) is 11.3 Å². The van der Waals surface area contributed by atoms with E-state index in [1.165, 1.54) is 6.07 Å². The summed E-state index contributed by atoms with van der Waals surface area (Å²) < 4.78 is 40.1.